The number of hydrogen-bond acceptors (Lipinski definition) is 3. The summed E-state index contributed by atoms with van der Waals surface area (Å²) in [5, 5.41) is 15.2. The second-order valence-corrected chi connectivity index (χ2v) is 7.01. The number of benzene rings is 1. The first-order chi connectivity index (χ1) is 11.7. The zero-order chi connectivity index (χ0) is 16.8. The van der Waals surface area contributed by atoms with Gasteiger partial charge in [0.25, 0.3) is 0 Å². The second kappa shape index (κ2) is 8.38. The van der Waals surface area contributed by atoms with Crippen LogP contribution in [0.5, 0.6) is 5.75 Å². The number of aliphatic hydroxyl groups excluding tert-OH is 1. The standard InChI is InChI=1S/C19H28N2O3/c22-13-14-8-10-16(11-9-14)21-19(23)20-12-15-4-1-2-7-18(15)24-17-5-3-6-17/h1-2,4,7,14,16-17,22H,3,5-6,8-13H2,(H2,20,21,23). The summed E-state index contributed by atoms with van der Waals surface area (Å²) < 4.78 is 5.99. The van der Waals surface area contributed by atoms with E-state index in [0.29, 0.717) is 18.6 Å². The van der Waals surface area contributed by atoms with Gasteiger partial charge in [0.05, 0.1) is 6.10 Å². The highest BCUT2D eigenvalue weighted by atomic mass is 16.5. The molecule has 24 heavy (non-hydrogen) atoms. The molecule has 0 saturated heterocycles. The van der Waals surface area contributed by atoms with Crippen LogP contribution in [0, 0.1) is 5.92 Å². The van der Waals surface area contributed by atoms with Crippen LogP contribution in [0.15, 0.2) is 24.3 Å². The van der Waals surface area contributed by atoms with Crippen LogP contribution in [0.4, 0.5) is 4.79 Å². The fourth-order valence-electron chi connectivity index (χ4n) is 3.33. The van der Waals surface area contributed by atoms with Gasteiger partial charge in [-0.25, -0.2) is 4.79 Å². The van der Waals surface area contributed by atoms with Crippen molar-refractivity contribution < 1.29 is 14.6 Å². The summed E-state index contributed by atoms with van der Waals surface area (Å²) in [6.45, 7) is 0.734. The third-order valence-corrected chi connectivity index (χ3v) is 5.20. The largest absolute Gasteiger partial charge is 0.490 e. The van der Waals surface area contributed by atoms with E-state index in [-0.39, 0.29) is 18.7 Å². The van der Waals surface area contributed by atoms with Gasteiger partial charge in [-0.1, -0.05) is 18.2 Å². The highest BCUT2D eigenvalue weighted by Gasteiger charge is 2.22. The van der Waals surface area contributed by atoms with Gasteiger partial charge in [-0.2, -0.15) is 0 Å². The molecule has 0 bridgehead atoms. The number of para-hydroxylation sites is 1. The summed E-state index contributed by atoms with van der Waals surface area (Å²) in [7, 11) is 0. The topological polar surface area (TPSA) is 70.6 Å². The van der Waals surface area contributed by atoms with Crippen LogP contribution >= 0.6 is 0 Å². The molecule has 2 saturated carbocycles. The van der Waals surface area contributed by atoms with Gasteiger partial charge >= 0.3 is 6.03 Å². The first-order valence-corrected chi connectivity index (χ1v) is 9.14. The molecule has 0 unspecified atom stereocenters. The quantitative estimate of drug-likeness (QED) is 0.750. The smallest absolute Gasteiger partial charge is 0.315 e. The summed E-state index contributed by atoms with van der Waals surface area (Å²) in [4.78, 5) is 12.1. The molecule has 0 radical (unpaired) electrons. The third-order valence-electron chi connectivity index (χ3n) is 5.20. The van der Waals surface area contributed by atoms with E-state index >= 15 is 0 Å². The molecule has 1 aromatic carbocycles. The fraction of sp³-hybridized carbons (Fsp3) is 0.632. The van der Waals surface area contributed by atoms with Crippen molar-refractivity contribution in [2.45, 2.75) is 63.6 Å². The Hall–Kier alpha value is -1.75. The van der Waals surface area contributed by atoms with E-state index in [0.717, 1.165) is 49.8 Å². The molecule has 3 N–H and O–H groups in total. The second-order valence-electron chi connectivity index (χ2n) is 7.01. The lowest BCUT2D eigenvalue weighted by Crippen LogP contribution is -2.43. The first-order valence-electron chi connectivity index (χ1n) is 9.14. The van der Waals surface area contributed by atoms with Crippen molar-refractivity contribution in [3.8, 4) is 5.75 Å². The maximum atomic E-state index is 12.1. The average molecular weight is 332 g/mol. The first kappa shape index (κ1) is 17.1. The number of nitrogens with one attached hydrogen (secondary N) is 2. The van der Waals surface area contributed by atoms with Crippen molar-refractivity contribution in [1.29, 1.82) is 0 Å². The van der Waals surface area contributed by atoms with E-state index in [2.05, 4.69) is 10.6 Å². The maximum Gasteiger partial charge on any atom is 0.315 e. The highest BCUT2D eigenvalue weighted by molar-refractivity contribution is 5.74. The Morgan fingerprint density at radius 1 is 1.12 bits per heavy atom. The van der Waals surface area contributed by atoms with Crippen molar-refractivity contribution in [1.82, 2.24) is 10.6 Å². The number of urea groups is 1. The molecule has 0 atom stereocenters. The lowest BCUT2D eigenvalue weighted by Gasteiger charge is -2.28. The van der Waals surface area contributed by atoms with E-state index in [1.54, 1.807) is 0 Å². The van der Waals surface area contributed by atoms with Gasteiger partial charge in [-0.05, 0) is 56.9 Å². The Bertz CT molecular complexity index is 537. The predicted molar refractivity (Wildman–Crippen MR) is 92.9 cm³/mol. The van der Waals surface area contributed by atoms with E-state index in [1.807, 2.05) is 24.3 Å². The van der Waals surface area contributed by atoms with Crippen LogP contribution in [0.25, 0.3) is 0 Å². The summed E-state index contributed by atoms with van der Waals surface area (Å²) in [6, 6.07) is 8.01. The minimum atomic E-state index is -0.124. The maximum absolute atomic E-state index is 12.1. The van der Waals surface area contributed by atoms with Crippen LogP contribution < -0.4 is 15.4 Å². The fourth-order valence-corrected chi connectivity index (χ4v) is 3.33. The molecule has 0 spiro atoms. The Labute approximate surface area is 143 Å². The van der Waals surface area contributed by atoms with E-state index in [4.69, 9.17) is 9.84 Å². The molecule has 1 aromatic rings. The zero-order valence-corrected chi connectivity index (χ0v) is 14.2. The number of carbonyl (C=O) groups excluding carboxylic acids is 1. The third kappa shape index (κ3) is 4.63. The molecule has 5 heteroatoms. The van der Waals surface area contributed by atoms with Crippen molar-refractivity contribution in [3.05, 3.63) is 29.8 Å². The van der Waals surface area contributed by atoms with Crippen LogP contribution in [0.1, 0.15) is 50.5 Å². The molecule has 2 aliphatic carbocycles. The molecule has 2 amide bonds. The van der Waals surface area contributed by atoms with Crippen LogP contribution in [-0.2, 0) is 6.54 Å². The Morgan fingerprint density at radius 2 is 1.88 bits per heavy atom. The van der Waals surface area contributed by atoms with Gasteiger partial charge in [0, 0.05) is 24.8 Å². The number of aliphatic hydroxyl groups is 1. The molecule has 5 nitrogen and oxygen atoms in total. The van der Waals surface area contributed by atoms with Crippen molar-refractivity contribution in [2.24, 2.45) is 5.92 Å². The van der Waals surface area contributed by atoms with Gasteiger partial charge in [0.15, 0.2) is 0 Å². The van der Waals surface area contributed by atoms with Crippen molar-refractivity contribution >= 4 is 6.03 Å². The van der Waals surface area contributed by atoms with Gasteiger partial charge < -0.3 is 20.5 Å². The molecule has 0 heterocycles. The number of ether oxygens (including phenoxy) is 1. The molecule has 132 valence electrons. The van der Waals surface area contributed by atoms with Gasteiger partial charge in [0.1, 0.15) is 5.75 Å². The van der Waals surface area contributed by atoms with Gasteiger partial charge in [0.2, 0.25) is 0 Å². The lowest BCUT2D eigenvalue weighted by molar-refractivity contribution is 0.119. The number of hydrogen-bond donors (Lipinski definition) is 3. The molecule has 0 aliphatic heterocycles. The van der Waals surface area contributed by atoms with Gasteiger partial charge in [-0.3, -0.25) is 0 Å². The van der Waals surface area contributed by atoms with Crippen LogP contribution in [0.3, 0.4) is 0 Å². The molecule has 0 aromatic heterocycles. The Balaban J connectivity index is 1.44. The number of amides is 2. The lowest BCUT2D eigenvalue weighted by atomic mass is 9.87. The summed E-state index contributed by atoms with van der Waals surface area (Å²) in [6.07, 6.45) is 7.68. The SMILES string of the molecule is O=C(NCc1ccccc1OC1CCC1)NC1CCC(CO)CC1. The summed E-state index contributed by atoms with van der Waals surface area (Å²) >= 11 is 0. The van der Waals surface area contributed by atoms with Crippen LogP contribution in [-0.4, -0.2) is 29.9 Å². The molecule has 3 rings (SSSR count). The van der Waals surface area contributed by atoms with E-state index < -0.39 is 0 Å². The van der Waals surface area contributed by atoms with Gasteiger partial charge in [-0.15, -0.1) is 0 Å². The van der Waals surface area contributed by atoms with Crippen LogP contribution in [0.2, 0.25) is 0 Å². The Morgan fingerprint density at radius 3 is 2.54 bits per heavy atom. The van der Waals surface area contributed by atoms with Crippen molar-refractivity contribution in [3.63, 3.8) is 0 Å². The molecule has 2 fully saturated rings. The number of carbonyl (C=O) groups is 1. The monoisotopic (exact) mass is 332 g/mol. The highest BCUT2D eigenvalue weighted by Crippen LogP contribution is 2.27. The molecular formula is C19H28N2O3. The Kier molecular flexibility index (Phi) is 5.96. The zero-order valence-electron chi connectivity index (χ0n) is 14.2. The summed E-state index contributed by atoms with van der Waals surface area (Å²) in [5.74, 6) is 1.28. The van der Waals surface area contributed by atoms with Crippen molar-refractivity contribution in [2.75, 3.05) is 6.61 Å². The minimum Gasteiger partial charge on any atom is -0.490 e. The number of rotatable bonds is 6. The molecular weight excluding hydrogens is 304 g/mol. The van der Waals surface area contributed by atoms with E-state index in [9.17, 15) is 4.79 Å². The van der Waals surface area contributed by atoms with E-state index in [1.165, 1.54) is 6.42 Å². The average Bonchev–Trinajstić information content (AvgIpc) is 2.58. The summed E-state index contributed by atoms with van der Waals surface area (Å²) in [5.41, 5.74) is 1.02. The molecule has 2 aliphatic rings. The normalized spacial score (nSPS) is 24.0. The minimum absolute atomic E-state index is 0.124. The predicted octanol–water partition coefficient (Wildman–Crippen LogP) is 2.97.